The molecule has 1 aliphatic heterocycles. The fourth-order valence-electron chi connectivity index (χ4n) is 2.73. The second-order valence-corrected chi connectivity index (χ2v) is 8.01. The molecule has 1 unspecified atom stereocenters. The number of nitrogens with one attached hydrogen (secondary N) is 1. The van der Waals surface area contributed by atoms with Crippen LogP contribution in [0.25, 0.3) is 0 Å². The van der Waals surface area contributed by atoms with E-state index in [9.17, 15) is 9.90 Å². The lowest BCUT2D eigenvalue weighted by molar-refractivity contribution is 0.0945. The van der Waals surface area contributed by atoms with Crippen LogP contribution in [0.3, 0.4) is 0 Å². The zero-order valence-corrected chi connectivity index (χ0v) is 16.3. The van der Waals surface area contributed by atoms with Crippen molar-refractivity contribution < 1.29 is 9.90 Å². The van der Waals surface area contributed by atoms with Gasteiger partial charge in [-0.15, -0.1) is 0 Å². The Labute approximate surface area is 152 Å². The molecule has 0 aliphatic carbocycles. The lowest BCUT2D eigenvalue weighted by Crippen LogP contribution is -2.34. The van der Waals surface area contributed by atoms with Crippen LogP contribution >= 0.6 is 45.2 Å². The first-order valence-corrected chi connectivity index (χ1v) is 9.28. The Balaban J connectivity index is 1.87. The second-order valence-electron chi connectivity index (χ2n) is 5.60. The molecule has 0 spiro atoms. The minimum absolute atomic E-state index is 0.0749. The minimum Gasteiger partial charge on any atom is -0.506 e. The molecule has 2 rings (SSSR count). The van der Waals surface area contributed by atoms with Crippen molar-refractivity contribution in [2.45, 2.75) is 19.3 Å². The molecular weight excluding hydrogens is 494 g/mol. The molecule has 1 fully saturated rings. The summed E-state index contributed by atoms with van der Waals surface area (Å²) in [6.45, 7) is 2.96. The summed E-state index contributed by atoms with van der Waals surface area (Å²) >= 11 is 4.20. The van der Waals surface area contributed by atoms with E-state index in [-0.39, 0.29) is 11.7 Å². The minimum atomic E-state index is -0.187. The molecule has 4 nitrogen and oxygen atoms in total. The van der Waals surface area contributed by atoms with Crippen LogP contribution in [0.5, 0.6) is 5.75 Å². The third-order valence-electron chi connectivity index (χ3n) is 3.83. The Bertz CT molecular complexity index is 523. The zero-order valence-electron chi connectivity index (χ0n) is 12.0. The van der Waals surface area contributed by atoms with Gasteiger partial charge in [-0.2, -0.15) is 0 Å². The van der Waals surface area contributed by atoms with Gasteiger partial charge in [0.15, 0.2) is 0 Å². The predicted octanol–water partition coefficient (Wildman–Crippen LogP) is 3.06. The Morgan fingerprint density at radius 2 is 2.24 bits per heavy atom. The van der Waals surface area contributed by atoms with Gasteiger partial charge in [-0.1, -0.05) is 0 Å². The highest BCUT2D eigenvalue weighted by molar-refractivity contribution is 14.1. The van der Waals surface area contributed by atoms with E-state index >= 15 is 0 Å². The number of likely N-dealkylation sites (tertiary alicyclic amines) is 1. The van der Waals surface area contributed by atoms with Crippen molar-refractivity contribution >= 4 is 51.1 Å². The van der Waals surface area contributed by atoms with Crippen LogP contribution in [0.4, 0.5) is 0 Å². The Kier molecular flexibility index (Phi) is 6.54. The number of halogens is 2. The molecule has 0 aromatic heterocycles. The van der Waals surface area contributed by atoms with Crippen molar-refractivity contribution in [1.29, 1.82) is 0 Å². The van der Waals surface area contributed by atoms with E-state index in [2.05, 4.69) is 39.9 Å². The van der Waals surface area contributed by atoms with Gasteiger partial charge in [-0.3, -0.25) is 4.79 Å². The molecule has 2 N–H and O–H groups in total. The fourth-order valence-corrected chi connectivity index (χ4v) is 4.58. The lowest BCUT2D eigenvalue weighted by atomic mass is 9.95. The molecule has 116 valence electrons. The van der Waals surface area contributed by atoms with Crippen molar-refractivity contribution in [3.8, 4) is 5.75 Å². The number of carbonyl (C=O) groups is 1. The van der Waals surface area contributed by atoms with E-state index in [4.69, 9.17) is 0 Å². The smallest absolute Gasteiger partial charge is 0.255 e. The summed E-state index contributed by atoms with van der Waals surface area (Å²) in [5.41, 5.74) is 0.368. The van der Waals surface area contributed by atoms with E-state index in [1.54, 1.807) is 6.07 Å². The van der Waals surface area contributed by atoms with Crippen molar-refractivity contribution in [2.24, 2.45) is 5.92 Å². The van der Waals surface area contributed by atoms with Gasteiger partial charge in [-0.05, 0) is 96.1 Å². The van der Waals surface area contributed by atoms with Crippen LogP contribution in [-0.4, -0.2) is 42.6 Å². The molecule has 1 atom stereocenters. The average molecular weight is 514 g/mol. The molecule has 1 aromatic rings. The summed E-state index contributed by atoms with van der Waals surface area (Å²) in [4.78, 5) is 14.5. The number of amides is 1. The van der Waals surface area contributed by atoms with E-state index in [1.807, 2.05) is 28.7 Å². The van der Waals surface area contributed by atoms with Crippen LogP contribution in [0.15, 0.2) is 12.1 Å². The van der Waals surface area contributed by atoms with Crippen LogP contribution in [0, 0.1) is 13.1 Å². The third-order valence-corrected chi connectivity index (χ3v) is 5.28. The van der Waals surface area contributed by atoms with Crippen molar-refractivity contribution in [2.75, 3.05) is 26.7 Å². The van der Waals surface area contributed by atoms with Gasteiger partial charge in [0.05, 0.1) is 9.13 Å². The molecule has 1 aromatic carbocycles. The number of piperidine rings is 1. The Hall–Kier alpha value is -0.0900. The molecule has 0 saturated carbocycles. The maximum absolute atomic E-state index is 12.2. The van der Waals surface area contributed by atoms with Crippen molar-refractivity contribution in [1.82, 2.24) is 10.2 Å². The van der Waals surface area contributed by atoms with Crippen molar-refractivity contribution in [3.05, 3.63) is 24.8 Å². The SMILES string of the molecule is CN1CCCC(CCNC(=O)c2cc(I)cc(I)c2O)C1. The summed E-state index contributed by atoms with van der Waals surface area (Å²) in [6.07, 6.45) is 3.48. The van der Waals surface area contributed by atoms with E-state index in [1.165, 1.54) is 19.4 Å². The van der Waals surface area contributed by atoms with E-state index < -0.39 is 0 Å². The quantitative estimate of drug-likeness (QED) is 0.608. The number of rotatable bonds is 4. The number of hydrogen-bond donors (Lipinski definition) is 2. The van der Waals surface area contributed by atoms with Crippen molar-refractivity contribution in [3.63, 3.8) is 0 Å². The van der Waals surface area contributed by atoms with Crippen LogP contribution < -0.4 is 5.32 Å². The summed E-state index contributed by atoms with van der Waals surface area (Å²) < 4.78 is 1.66. The highest BCUT2D eigenvalue weighted by Crippen LogP contribution is 2.27. The highest BCUT2D eigenvalue weighted by Gasteiger charge is 2.18. The number of hydrogen-bond acceptors (Lipinski definition) is 3. The molecule has 0 bridgehead atoms. The zero-order chi connectivity index (χ0) is 15.4. The van der Waals surface area contributed by atoms with Crippen LogP contribution in [-0.2, 0) is 0 Å². The standard InChI is InChI=1S/C15H20I2N2O2/c1-19-6-2-3-10(9-19)4-5-18-15(21)12-7-11(16)8-13(17)14(12)20/h7-8,10,20H,2-6,9H2,1H3,(H,18,21). The number of phenolic OH excluding ortho intramolecular Hbond substituents is 1. The van der Waals surface area contributed by atoms with Gasteiger partial charge in [0.1, 0.15) is 5.75 Å². The first-order valence-electron chi connectivity index (χ1n) is 7.12. The summed E-state index contributed by atoms with van der Waals surface area (Å²) in [5.74, 6) is 0.549. The molecule has 1 heterocycles. The maximum atomic E-state index is 12.2. The lowest BCUT2D eigenvalue weighted by Gasteiger charge is -2.29. The number of benzene rings is 1. The molecule has 1 amide bonds. The Morgan fingerprint density at radius 3 is 2.95 bits per heavy atom. The van der Waals surface area contributed by atoms with E-state index in [0.29, 0.717) is 21.6 Å². The van der Waals surface area contributed by atoms with Gasteiger partial charge >= 0.3 is 0 Å². The van der Waals surface area contributed by atoms with Gasteiger partial charge in [-0.25, -0.2) is 0 Å². The average Bonchev–Trinajstić information content (AvgIpc) is 2.42. The summed E-state index contributed by atoms with van der Waals surface area (Å²) in [6, 6.07) is 3.58. The molecular formula is C15H20I2N2O2. The molecule has 21 heavy (non-hydrogen) atoms. The number of carbonyl (C=O) groups excluding carboxylic acids is 1. The third kappa shape index (κ3) is 4.95. The first kappa shape index (κ1) is 17.3. The normalized spacial score (nSPS) is 19.5. The molecule has 0 radical (unpaired) electrons. The van der Waals surface area contributed by atoms with Crippen LogP contribution in [0.1, 0.15) is 29.6 Å². The molecule has 1 aliphatic rings. The fraction of sp³-hybridized carbons (Fsp3) is 0.533. The largest absolute Gasteiger partial charge is 0.506 e. The topological polar surface area (TPSA) is 52.6 Å². The number of nitrogens with zero attached hydrogens (tertiary/aromatic N) is 1. The van der Waals surface area contributed by atoms with Gasteiger partial charge in [0.25, 0.3) is 5.91 Å². The van der Waals surface area contributed by atoms with Gasteiger partial charge < -0.3 is 15.3 Å². The first-order chi connectivity index (χ1) is 9.97. The van der Waals surface area contributed by atoms with Gasteiger partial charge in [0.2, 0.25) is 0 Å². The number of phenols is 1. The van der Waals surface area contributed by atoms with E-state index in [0.717, 1.165) is 16.5 Å². The monoisotopic (exact) mass is 514 g/mol. The van der Waals surface area contributed by atoms with Crippen LogP contribution in [0.2, 0.25) is 0 Å². The predicted molar refractivity (Wildman–Crippen MR) is 101 cm³/mol. The molecule has 6 heteroatoms. The highest BCUT2D eigenvalue weighted by atomic mass is 127. The number of aromatic hydroxyl groups is 1. The summed E-state index contributed by atoms with van der Waals surface area (Å²) in [5, 5.41) is 12.9. The van der Waals surface area contributed by atoms with Gasteiger partial charge in [0, 0.05) is 16.7 Å². The Morgan fingerprint density at radius 1 is 1.48 bits per heavy atom. The molecule has 1 saturated heterocycles. The summed E-state index contributed by atoms with van der Waals surface area (Å²) in [7, 11) is 2.15. The maximum Gasteiger partial charge on any atom is 0.255 e. The second kappa shape index (κ2) is 7.96.